The monoisotopic (exact) mass is 293 g/mol. The molecule has 0 saturated carbocycles. The summed E-state index contributed by atoms with van der Waals surface area (Å²) in [6, 6.07) is 5.64. The van der Waals surface area contributed by atoms with Crippen LogP contribution >= 0.6 is 0 Å². The number of benzene rings is 1. The SMILES string of the molecule is CCCCCCOc1ccc(N)cc1OCCCCCC. The predicted molar refractivity (Wildman–Crippen MR) is 90.1 cm³/mol. The quantitative estimate of drug-likeness (QED) is 0.426. The zero-order valence-electron chi connectivity index (χ0n) is 13.7. The van der Waals surface area contributed by atoms with Crippen molar-refractivity contribution in [1.29, 1.82) is 0 Å². The molecule has 1 aromatic rings. The lowest BCUT2D eigenvalue weighted by molar-refractivity contribution is 0.259. The Hall–Kier alpha value is -1.38. The fraction of sp³-hybridized carbons (Fsp3) is 0.667. The van der Waals surface area contributed by atoms with Gasteiger partial charge >= 0.3 is 0 Å². The van der Waals surface area contributed by atoms with E-state index in [1.54, 1.807) is 0 Å². The van der Waals surface area contributed by atoms with Crippen LogP contribution in [0.1, 0.15) is 65.2 Å². The largest absolute Gasteiger partial charge is 0.490 e. The molecule has 0 unspecified atom stereocenters. The molecule has 0 bridgehead atoms. The molecule has 3 nitrogen and oxygen atoms in total. The molecule has 1 rings (SSSR count). The van der Waals surface area contributed by atoms with Crippen molar-refractivity contribution >= 4 is 5.69 Å². The molecular formula is C18H31NO2. The van der Waals surface area contributed by atoms with Gasteiger partial charge in [-0.2, -0.15) is 0 Å². The Labute approximate surface area is 129 Å². The summed E-state index contributed by atoms with van der Waals surface area (Å²) in [5.74, 6) is 1.60. The lowest BCUT2D eigenvalue weighted by Crippen LogP contribution is -2.03. The summed E-state index contributed by atoms with van der Waals surface area (Å²) in [5.41, 5.74) is 6.56. The predicted octanol–water partition coefficient (Wildman–Crippen LogP) is 5.19. The van der Waals surface area contributed by atoms with Crippen molar-refractivity contribution in [2.45, 2.75) is 65.2 Å². The van der Waals surface area contributed by atoms with Crippen molar-refractivity contribution in [3.63, 3.8) is 0 Å². The number of nitrogen functional groups attached to an aromatic ring is 1. The minimum absolute atomic E-state index is 0.719. The third-order valence-corrected chi connectivity index (χ3v) is 3.48. The van der Waals surface area contributed by atoms with Gasteiger partial charge in [0.2, 0.25) is 0 Å². The number of anilines is 1. The zero-order chi connectivity index (χ0) is 15.3. The zero-order valence-corrected chi connectivity index (χ0v) is 13.7. The van der Waals surface area contributed by atoms with E-state index in [1.807, 2.05) is 18.2 Å². The van der Waals surface area contributed by atoms with E-state index >= 15 is 0 Å². The summed E-state index contributed by atoms with van der Waals surface area (Å²) in [6.07, 6.45) is 9.63. The van der Waals surface area contributed by atoms with E-state index in [4.69, 9.17) is 15.2 Å². The average Bonchev–Trinajstić information content (AvgIpc) is 2.48. The van der Waals surface area contributed by atoms with E-state index in [0.29, 0.717) is 0 Å². The highest BCUT2D eigenvalue weighted by molar-refractivity contribution is 5.51. The van der Waals surface area contributed by atoms with Crippen LogP contribution in [0.15, 0.2) is 18.2 Å². The molecule has 2 N–H and O–H groups in total. The van der Waals surface area contributed by atoms with Crippen LogP contribution in [0.4, 0.5) is 5.69 Å². The van der Waals surface area contributed by atoms with Crippen molar-refractivity contribution in [3.05, 3.63) is 18.2 Å². The average molecular weight is 293 g/mol. The van der Waals surface area contributed by atoms with Crippen LogP contribution in [0.2, 0.25) is 0 Å². The molecule has 0 aliphatic rings. The molecule has 0 amide bonds. The second kappa shape index (κ2) is 11.3. The van der Waals surface area contributed by atoms with Gasteiger partial charge in [0.15, 0.2) is 11.5 Å². The van der Waals surface area contributed by atoms with Gasteiger partial charge in [0.25, 0.3) is 0 Å². The third-order valence-electron chi connectivity index (χ3n) is 3.48. The second-order valence-corrected chi connectivity index (χ2v) is 5.52. The first-order valence-electron chi connectivity index (χ1n) is 8.43. The van der Waals surface area contributed by atoms with E-state index in [2.05, 4.69) is 13.8 Å². The van der Waals surface area contributed by atoms with Gasteiger partial charge < -0.3 is 15.2 Å². The Kier molecular flexibility index (Phi) is 9.51. The Morgan fingerprint density at radius 3 is 1.90 bits per heavy atom. The molecule has 120 valence electrons. The van der Waals surface area contributed by atoms with Gasteiger partial charge in [0.05, 0.1) is 13.2 Å². The molecular weight excluding hydrogens is 262 g/mol. The standard InChI is InChI=1S/C18H31NO2/c1-3-5-7-9-13-20-17-12-11-16(19)15-18(17)21-14-10-8-6-4-2/h11-12,15H,3-10,13-14,19H2,1-2H3. The van der Waals surface area contributed by atoms with E-state index < -0.39 is 0 Å². The molecule has 0 atom stereocenters. The van der Waals surface area contributed by atoms with Crippen LogP contribution in [0.25, 0.3) is 0 Å². The molecule has 0 aromatic heterocycles. The maximum absolute atomic E-state index is 5.84. The Balaban J connectivity index is 2.39. The third kappa shape index (κ3) is 7.84. The minimum atomic E-state index is 0.719. The van der Waals surface area contributed by atoms with Crippen LogP contribution in [0.5, 0.6) is 11.5 Å². The molecule has 21 heavy (non-hydrogen) atoms. The summed E-state index contributed by atoms with van der Waals surface area (Å²) in [7, 11) is 0. The second-order valence-electron chi connectivity index (χ2n) is 5.52. The fourth-order valence-corrected chi connectivity index (χ4v) is 2.18. The van der Waals surface area contributed by atoms with E-state index in [9.17, 15) is 0 Å². The summed E-state index contributed by atoms with van der Waals surface area (Å²) in [5, 5.41) is 0. The van der Waals surface area contributed by atoms with Gasteiger partial charge in [-0.1, -0.05) is 52.4 Å². The molecule has 0 aliphatic heterocycles. The number of nitrogens with two attached hydrogens (primary N) is 1. The highest BCUT2D eigenvalue weighted by Gasteiger charge is 2.06. The Morgan fingerprint density at radius 1 is 0.762 bits per heavy atom. The van der Waals surface area contributed by atoms with Crippen LogP contribution in [0, 0.1) is 0 Å². The van der Waals surface area contributed by atoms with Crippen LogP contribution in [-0.2, 0) is 0 Å². The van der Waals surface area contributed by atoms with Crippen molar-refractivity contribution in [3.8, 4) is 11.5 Å². The Bertz CT molecular complexity index is 379. The smallest absolute Gasteiger partial charge is 0.163 e. The maximum Gasteiger partial charge on any atom is 0.163 e. The van der Waals surface area contributed by atoms with Gasteiger partial charge in [-0.15, -0.1) is 0 Å². The first kappa shape index (κ1) is 17.7. The molecule has 0 heterocycles. The summed E-state index contributed by atoms with van der Waals surface area (Å²) < 4.78 is 11.7. The van der Waals surface area contributed by atoms with Crippen molar-refractivity contribution < 1.29 is 9.47 Å². The molecule has 1 aromatic carbocycles. The minimum Gasteiger partial charge on any atom is -0.490 e. The number of ether oxygens (including phenoxy) is 2. The molecule has 0 radical (unpaired) electrons. The van der Waals surface area contributed by atoms with Gasteiger partial charge in [-0.05, 0) is 25.0 Å². The number of unbranched alkanes of at least 4 members (excludes halogenated alkanes) is 6. The fourth-order valence-electron chi connectivity index (χ4n) is 2.18. The molecule has 0 spiro atoms. The van der Waals surface area contributed by atoms with Crippen molar-refractivity contribution in [2.75, 3.05) is 18.9 Å². The van der Waals surface area contributed by atoms with Crippen molar-refractivity contribution in [1.82, 2.24) is 0 Å². The summed E-state index contributed by atoms with van der Waals surface area (Å²) in [6.45, 7) is 5.90. The van der Waals surface area contributed by atoms with Crippen LogP contribution < -0.4 is 15.2 Å². The topological polar surface area (TPSA) is 44.5 Å². The van der Waals surface area contributed by atoms with Gasteiger partial charge in [-0.25, -0.2) is 0 Å². The molecule has 0 aliphatic carbocycles. The molecule has 0 fully saturated rings. The Morgan fingerprint density at radius 2 is 1.33 bits per heavy atom. The lowest BCUT2D eigenvalue weighted by Gasteiger charge is -2.13. The van der Waals surface area contributed by atoms with Gasteiger partial charge in [0.1, 0.15) is 0 Å². The molecule has 0 saturated heterocycles. The first-order valence-corrected chi connectivity index (χ1v) is 8.43. The number of hydrogen-bond donors (Lipinski definition) is 1. The van der Waals surface area contributed by atoms with Crippen LogP contribution in [-0.4, -0.2) is 13.2 Å². The number of hydrogen-bond acceptors (Lipinski definition) is 3. The normalized spacial score (nSPS) is 10.6. The van der Waals surface area contributed by atoms with E-state index in [-0.39, 0.29) is 0 Å². The van der Waals surface area contributed by atoms with Crippen molar-refractivity contribution in [2.24, 2.45) is 0 Å². The first-order chi connectivity index (χ1) is 10.3. The highest BCUT2D eigenvalue weighted by atomic mass is 16.5. The number of rotatable bonds is 12. The summed E-state index contributed by atoms with van der Waals surface area (Å²) >= 11 is 0. The lowest BCUT2D eigenvalue weighted by atomic mass is 10.2. The van der Waals surface area contributed by atoms with E-state index in [1.165, 1.54) is 38.5 Å². The maximum atomic E-state index is 5.84. The molecule has 3 heteroatoms. The van der Waals surface area contributed by atoms with Gasteiger partial charge in [0, 0.05) is 11.8 Å². The van der Waals surface area contributed by atoms with E-state index in [0.717, 1.165) is 43.2 Å². The van der Waals surface area contributed by atoms with Crippen LogP contribution in [0.3, 0.4) is 0 Å². The van der Waals surface area contributed by atoms with Gasteiger partial charge in [-0.3, -0.25) is 0 Å². The summed E-state index contributed by atoms with van der Waals surface area (Å²) in [4.78, 5) is 0. The highest BCUT2D eigenvalue weighted by Crippen LogP contribution is 2.30.